The molecule has 26 heavy (non-hydrogen) atoms. The van der Waals surface area contributed by atoms with E-state index in [1.807, 2.05) is 24.3 Å². The molecule has 0 unspecified atom stereocenters. The zero-order valence-corrected chi connectivity index (χ0v) is 16.3. The van der Waals surface area contributed by atoms with Crippen LogP contribution in [0.15, 0.2) is 24.3 Å². The molecule has 0 bridgehead atoms. The highest BCUT2D eigenvalue weighted by Crippen LogP contribution is 2.18. The lowest BCUT2D eigenvalue weighted by molar-refractivity contribution is -0.134. The lowest BCUT2D eigenvalue weighted by atomic mass is 10.0. The minimum Gasteiger partial charge on any atom is -0.497 e. The van der Waals surface area contributed by atoms with Gasteiger partial charge >= 0.3 is 0 Å². The van der Waals surface area contributed by atoms with Gasteiger partial charge in [-0.05, 0) is 37.0 Å². The highest BCUT2D eigenvalue weighted by atomic mass is 32.2. The number of carbonyl (C=O) groups excluding carboxylic acids is 2. The van der Waals surface area contributed by atoms with Crippen LogP contribution < -0.4 is 4.74 Å². The summed E-state index contributed by atoms with van der Waals surface area (Å²) in [5, 5.41) is 0. The second-order valence-corrected chi connectivity index (χ2v) is 9.08. The SMILES string of the molecule is COc1cccc(CCC(=O)CCC(=O)N(C)C2CCS(=O)(=O)CC2)c1. The van der Waals surface area contributed by atoms with Gasteiger partial charge in [-0.15, -0.1) is 0 Å². The molecule has 1 aliphatic rings. The molecule has 1 fully saturated rings. The third kappa shape index (κ3) is 6.12. The maximum absolute atomic E-state index is 12.3. The first-order chi connectivity index (χ1) is 12.3. The molecule has 0 aliphatic carbocycles. The van der Waals surface area contributed by atoms with Crippen molar-refractivity contribution in [1.29, 1.82) is 0 Å². The number of ether oxygens (including phenoxy) is 1. The Morgan fingerprint density at radius 3 is 2.50 bits per heavy atom. The summed E-state index contributed by atoms with van der Waals surface area (Å²) in [4.78, 5) is 26.0. The summed E-state index contributed by atoms with van der Waals surface area (Å²) in [6.07, 6.45) is 2.38. The molecule has 0 spiro atoms. The largest absolute Gasteiger partial charge is 0.497 e. The van der Waals surface area contributed by atoms with Crippen molar-refractivity contribution in [3.8, 4) is 5.75 Å². The number of ketones is 1. The number of amides is 1. The molecule has 6 nitrogen and oxygen atoms in total. The van der Waals surface area contributed by atoms with E-state index < -0.39 is 9.84 Å². The Hall–Kier alpha value is -1.89. The van der Waals surface area contributed by atoms with E-state index >= 15 is 0 Å². The number of methoxy groups -OCH3 is 1. The van der Waals surface area contributed by atoms with Crippen LogP contribution in [0.1, 0.15) is 37.7 Å². The number of carbonyl (C=O) groups is 2. The summed E-state index contributed by atoms with van der Waals surface area (Å²) in [6, 6.07) is 7.56. The topological polar surface area (TPSA) is 80.8 Å². The Balaban J connectivity index is 1.73. The second kappa shape index (κ2) is 9.16. The molecule has 0 radical (unpaired) electrons. The highest BCUT2D eigenvalue weighted by molar-refractivity contribution is 7.91. The summed E-state index contributed by atoms with van der Waals surface area (Å²) in [5.74, 6) is 0.995. The molecule has 1 amide bonds. The molecule has 1 aliphatic heterocycles. The summed E-state index contributed by atoms with van der Waals surface area (Å²) < 4.78 is 28.1. The highest BCUT2D eigenvalue weighted by Gasteiger charge is 2.28. The van der Waals surface area contributed by atoms with Crippen LogP contribution in [0.5, 0.6) is 5.75 Å². The van der Waals surface area contributed by atoms with Crippen LogP contribution in [0.25, 0.3) is 0 Å². The molecule has 0 atom stereocenters. The monoisotopic (exact) mass is 381 g/mol. The third-order valence-corrected chi connectivity index (χ3v) is 6.63. The molecule has 0 aromatic heterocycles. The average molecular weight is 381 g/mol. The van der Waals surface area contributed by atoms with Gasteiger partial charge in [-0.3, -0.25) is 9.59 Å². The maximum atomic E-state index is 12.3. The van der Waals surface area contributed by atoms with Crippen molar-refractivity contribution in [2.24, 2.45) is 0 Å². The number of nitrogens with zero attached hydrogens (tertiary/aromatic N) is 1. The van der Waals surface area contributed by atoms with Gasteiger partial charge in [-0.25, -0.2) is 8.42 Å². The minimum atomic E-state index is -2.94. The number of hydrogen-bond donors (Lipinski definition) is 0. The zero-order valence-electron chi connectivity index (χ0n) is 15.4. The van der Waals surface area contributed by atoms with Gasteiger partial charge in [0.2, 0.25) is 5.91 Å². The molecule has 1 aromatic carbocycles. The van der Waals surface area contributed by atoms with Crippen molar-refractivity contribution in [1.82, 2.24) is 4.90 Å². The third-order valence-electron chi connectivity index (χ3n) is 4.91. The number of benzene rings is 1. The smallest absolute Gasteiger partial charge is 0.223 e. The van der Waals surface area contributed by atoms with E-state index in [1.54, 1.807) is 19.1 Å². The Kier molecular flexibility index (Phi) is 7.20. The summed E-state index contributed by atoms with van der Waals surface area (Å²) in [6.45, 7) is 0. The van der Waals surface area contributed by atoms with Crippen LogP contribution in [0.4, 0.5) is 0 Å². The predicted octanol–water partition coefficient (Wildman–Crippen LogP) is 2.01. The van der Waals surface area contributed by atoms with Crippen molar-refractivity contribution < 1.29 is 22.7 Å². The van der Waals surface area contributed by atoms with Gasteiger partial charge in [0.1, 0.15) is 21.4 Å². The van der Waals surface area contributed by atoms with Crippen molar-refractivity contribution >= 4 is 21.5 Å². The normalized spacial score (nSPS) is 16.8. The first-order valence-electron chi connectivity index (χ1n) is 8.91. The van der Waals surface area contributed by atoms with Gasteiger partial charge < -0.3 is 9.64 Å². The Labute approximate surface area is 155 Å². The number of rotatable bonds is 8. The first kappa shape index (κ1) is 20.4. The van der Waals surface area contributed by atoms with Gasteiger partial charge in [0.15, 0.2) is 0 Å². The van der Waals surface area contributed by atoms with Crippen LogP contribution >= 0.6 is 0 Å². The number of sulfone groups is 1. The number of hydrogen-bond acceptors (Lipinski definition) is 5. The van der Waals surface area contributed by atoms with E-state index in [2.05, 4.69) is 0 Å². The van der Waals surface area contributed by atoms with Crippen molar-refractivity contribution in [2.75, 3.05) is 25.7 Å². The fourth-order valence-corrected chi connectivity index (χ4v) is 4.59. The maximum Gasteiger partial charge on any atom is 0.223 e. The zero-order chi connectivity index (χ0) is 19.2. The van der Waals surface area contributed by atoms with E-state index in [1.165, 1.54) is 0 Å². The molecule has 1 aromatic rings. The summed E-state index contributed by atoms with van der Waals surface area (Å²) in [5.41, 5.74) is 1.03. The van der Waals surface area contributed by atoms with Crippen LogP contribution in [-0.4, -0.2) is 56.7 Å². The van der Waals surface area contributed by atoms with Crippen molar-refractivity contribution in [2.45, 2.75) is 44.6 Å². The lowest BCUT2D eigenvalue weighted by Gasteiger charge is -2.31. The van der Waals surface area contributed by atoms with Gasteiger partial charge in [0.25, 0.3) is 0 Å². The first-order valence-corrected chi connectivity index (χ1v) is 10.7. The summed E-state index contributed by atoms with van der Waals surface area (Å²) in [7, 11) is 0.365. The molecule has 2 rings (SSSR count). The Bertz CT molecular complexity index is 730. The fraction of sp³-hybridized carbons (Fsp3) is 0.579. The van der Waals surface area contributed by atoms with Crippen LogP contribution in [-0.2, 0) is 25.8 Å². The molecule has 0 saturated carbocycles. The van der Waals surface area contributed by atoms with Gasteiger partial charge in [-0.1, -0.05) is 12.1 Å². The second-order valence-electron chi connectivity index (χ2n) is 6.78. The van der Waals surface area contributed by atoms with Crippen molar-refractivity contribution in [3.63, 3.8) is 0 Å². The number of aryl methyl sites for hydroxylation is 1. The summed E-state index contributed by atoms with van der Waals surface area (Å²) >= 11 is 0. The molecule has 1 heterocycles. The van der Waals surface area contributed by atoms with Gasteiger partial charge in [0, 0.05) is 32.4 Å². The molecular weight excluding hydrogens is 354 g/mol. The Morgan fingerprint density at radius 1 is 1.15 bits per heavy atom. The molecular formula is C19H27NO5S. The standard InChI is InChI=1S/C19H27NO5S/c1-20(16-10-12-26(23,24)13-11-16)19(22)9-8-17(21)7-6-15-4-3-5-18(14-15)25-2/h3-5,14,16H,6-13H2,1-2H3. The molecule has 1 saturated heterocycles. The lowest BCUT2D eigenvalue weighted by Crippen LogP contribution is -2.42. The van der Waals surface area contributed by atoms with Crippen LogP contribution in [0, 0.1) is 0 Å². The van der Waals surface area contributed by atoms with Crippen molar-refractivity contribution in [3.05, 3.63) is 29.8 Å². The Morgan fingerprint density at radius 2 is 1.85 bits per heavy atom. The van der Waals surface area contributed by atoms with Gasteiger partial charge in [0.05, 0.1) is 18.6 Å². The average Bonchev–Trinajstić information content (AvgIpc) is 2.64. The molecule has 0 N–H and O–H groups in total. The van der Waals surface area contributed by atoms with Gasteiger partial charge in [-0.2, -0.15) is 0 Å². The molecule has 144 valence electrons. The van der Waals surface area contributed by atoms with E-state index in [0.29, 0.717) is 25.7 Å². The van der Waals surface area contributed by atoms with Crippen LogP contribution in [0.3, 0.4) is 0 Å². The molecule has 7 heteroatoms. The van der Waals surface area contributed by atoms with Crippen LogP contribution in [0.2, 0.25) is 0 Å². The van der Waals surface area contributed by atoms with E-state index in [0.717, 1.165) is 11.3 Å². The fourth-order valence-electron chi connectivity index (χ4n) is 3.13. The van der Waals surface area contributed by atoms with E-state index in [4.69, 9.17) is 4.74 Å². The van der Waals surface area contributed by atoms with E-state index in [-0.39, 0.29) is 42.1 Å². The number of Topliss-reactive ketones (excluding diaryl/α,β-unsaturated/α-hetero) is 1. The minimum absolute atomic E-state index is 0.0436. The quantitative estimate of drug-likeness (QED) is 0.688. The predicted molar refractivity (Wildman–Crippen MR) is 100 cm³/mol. The van der Waals surface area contributed by atoms with E-state index in [9.17, 15) is 18.0 Å².